The maximum atomic E-state index is 6.50. The molecule has 0 fully saturated rings. The van der Waals surface area contributed by atoms with Gasteiger partial charge in [-0.05, 0) is 75.0 Å². The first-order valence-corrected chi connectivity index (χ1v) is 10.8. The molecule has 0 amide bonds. The van der Waals surface area contributed by atoms with Crippen molar-refractivity contribution in [2.75, 3.05) is 5.73 Å². The quantitative estimate of drug-likeness (QED) is 0.313. The van der Waals surface area contributed by atoms with Gasteiger partial charge >= 0.3 is 0 Å². The molecule has 4 aromatic carbocycles. The molecular weight excluding hydrogens is 362 g/mol. The summed E-state index contributed by atoms with van der Waals surface area (Å²) in [7, 11) is 0. The van der Waals surface area contributed by atoms with E-state index in [1.165, 1.54) is 55.5 Å². The zero-order valence-electron chi connectivity index (χ0n) is 18.4. The van der Waals surface area contributed by atoms with E-state index in [0.717, 1.165) is 11.1 Å². The molecule has 0 spiro atoms. The van der Waals surface area contributed by atoms with Gasteiger partial charge < -0.3 is 5.73 Å². The normalized spacial score (nSPS) is 16.8. The van der Waals surface area contributed by atoms with Crippen LogP contribution in [0.5, 0.6) is 0 Å². The van der Waals surface area contributed by atoms with Crippen LogP contribution in [0.15, 0.2) is 60.7 Å². The van der Waals surface area contributed by atoms with Gasteiger partial charge in [0, 0.05) is 21.9 Å². The Morgan fingerprint density at radius 3 is 1.97 bits per heavy atom. The number of hydrogen-bond acceptors (Lipinski definition) is 1. The molecule has 148 valence electrons. The van der Waals surface area contributed by atoms with Crippen LogP contribution in [-0.2, 0) is 10.8 Å². The summed E-state index contributed by atoms with van der Waals surface area (Å²) in [6.07, 6.45) is 0. The predicted octanol–water partition coefficient (Wildman–Crippen LogP) is 7.34. The number of aryl methyl sites for hydroxylation is 1. The molecule has 0 unspecified atom stereocenters. The van der Waals surface area contributed by atoms with Crippen LogP contribution in [0.4, 0.5) is 5.69 Å². The topological polar surface area (TPSA) is 26.0 Å². The fourth-order valence-corrected chi connectivity index (χ4v) is 5.95. The highest BCUT2D eigenvalue weighted by Gasteiger charge is 2.42. The molecule has 0 bridgehead atoms. The van der Waals surface area contributed by atoms with Gasteiger partial charge in [-0.1, -0.05) is 75.7 Å². The van der Waals surface area contributed by atoms with Crippen molar-refractivity contribution in [3.63, 3.8) is 0 Å². The number of nitrogen functional groups attached to an aromatic ring is 1. The number of anilines is 1. The number of benzene rings is 4. The largest absolute Gasteiger partial charge is 0.398 e. The minimum Gasteiger partial charge on any atom is -0.398 e. The average Bonchev–Trinajstić information content (AvgIpc) is 3.06. The molecular formula is C29H27N. The van der Waals surface area contributed by atoms with Crippen LogP contribution in [0.1, 0.15) is 55.5 Å². The summed E-state index contributed by atoms with van der Waals surface area (Å²) in [5.74, 6) is 0. The Bertz CT molecular complexity index is 1400. The molecule has 30 heavy (non-hydrogen) atoms. The molecule has 2 aliphatic carbocycles. The van der Waals surface area contributed by atoms with E-state index in [0.29, 0.717) is 0 Å². The summed E-state index contributed by atoms with van der Waals surface area (Å²) in [5, 5.41) is 2.42. The number of rotatable bonds is 0. The third-order valence-corrected chi connectivity index (χ3v) is 7.66. The van der Waals surface area contributed by atoms with E-state index in [1.54, 1.807) is 0 Å². The van der Waals surface area contributed by atoms with Crippen molar-refractivity contribution in [1.29, 1.82) is 0 Å². The molecule has 2 N–H and O–H groups in total. The highest BCUT2D eigenvalue weighted by atomic mass is 14.6. The standard InChI is InChI=1S/C29H27N/c1-16-10-11-17-20-13-24-21(14-23(20)28(2,3)22(17)12-16)27-19-9-7-6-8-18(19)26(30)15-25(27)29(24,4)5/h6-15H,30H2,1-5H3. The maximum Gasteiger partial charge on any atom is 0.0397 e. The van der Waals surface area contributed by atoms with E-state index < -0.39 is 0 Å². The lowest BCUT2D eigenvalue weighted by atomic mass is 9.79. The zero-order chi connectivity index (χ0) is 21.0. The van der Waals surface area contributed by atoms with Gasteiger partial charge in [-0.2, -0.15) is 0 Å². The van der Waals surface area contributed by atoms with Crippen LogP contribution in [0.3, 0.4) is 0 Å². The van der Waals surface area contributed by atoms with E-state index in [2.05, 4.69) is 95.3 Å². The Balaban J connectivity index is 1.73. The second kappa shape index (κ2) is 5.35. The second-order valence-corrected chi connectivity index (χ2v) is 10.2. The van der Waals surface area contributed by atoms with Gasteiger partial charge in [0.05, 0.1) is 0 Å². The molecule has 1 heteroatoms. The van der Waals surface area contributed by atoms with Crippen molar-refractivity contribution >= 4 is 16.5 Å². The fraction of sp³-hybridized carbons (Fsp3) is 0.241. The highest BCUT2D eigenvalue weighted by molar-refractivity contribution is 6.08. The van der Waals surface area contributed by atoms with Gasteiger partial charge in [0.2, 0.25) is 0 Å². The fourth-order valence-electron chi connectivity index (χ4n) is 5.95. The molecule has 0 radical (unpaired) electrons. The van der Waals surface area contributed by atoms with Gasteiger partial charge in [-0.25, -0.2) is 0 Å². The Kier molecular flexibility index (Phi) is 3.17. The number of hydrogen-bond donors (Lipinski definition) is 1. The highest BCUT2D eigenvalue weighted by Crippen LogP contribution is 2.57. The van der Waals surface area contributed by atoms with Gasteiger partial charge in [-0.3, -0.25) is 0 Å². The van der Waals surface area contributed by atoms with Gasteiger partial charge in [0.15, 0.2) is 0 Å². The first kappa shape index (κ1) is 17.8. The molecule has 0 aliphatic heterocycles. The molecule has 4 aromatic rings. The summed E-state index contributed by atoms with van der Waals surface area (Å²) in [6, 6.07) is 22.7. The van der Waals surface area contributed by atoms with Crippen LogP contribution in [0, 0.1) is 6.92 Å². The lowest BCUT2D eigenvalue weighted by molar-refractivity contribution is 0.652. The van der Waals surface area contributed by atoms with Gasteiger partial charge in [-0.15, -0.1) is 0 Å². The summed E-state index contributed by atoms with van der Waals surface area (Å²) in [6.45, 7) is 11.6. The van der Waals surface area contributed by atoms with E-state index in [9.17, 15) is 0 Å². The molecule has 2 aliphatic rings. The Morgan fingerprint density at radius 2 is 1.20 bits per heavy atom. The molecule has 0 aromatic heterocycles. The summed E-state index contributed by atoms with van der Waals surface area (Å²) < 4.78 is 0. The SMILES string of the molecule is Cc1ccc2c(c1)C(C)(C)c1cc3c(cc1-2)C(C)(C)c1cc(N)c2ccccc2c1-3. The molecule has 0 saturated heterocycles. The third-order valence-electron chi connectivity index (χ3n) is 7.66. The van der Waals surface area contributed by atoms with Gasteiger partial charge in [0.1, 0.15) is 0 Å². The molecule has 6 rings (SSSR count). The summed E-state index contributed by atoms with van der Waals surface area (Å²) in [4.78, 5) is 0. The smallest absolute Gasteiger partial charge is 0.0397 e. The van der Waals surface area contributed by atoms with E-state index >= 15 is 0 Å². The van der Waals surface area contributed by atoms with E-state index in [4.69, 9.17) is 5.73 Å². The van der Waals surface area contributed by atoms with Crippen molar-refractivity contribution in [1.82, 2.24) is 0 Å². The van der Waals surface area contributed by atoms with Crippen LogP contribution in [0.2, 0.25) is 0 Å². The second-order valence-electron chi connectivity index (χ2n) is 10.2. The minimum atomic E-state index is -0.0740. The van der Waals surface area contributed by atoms with Crippen LogP contribution in [0.25, 0.3) is 33.0 Å². The average molecular weight is 390 g/mol. The maximum absolute atomic E-state index is 6.50. The molecule has 0 heterocycles. The molecule has 1 nitrogen and oxygen atoms in total. The summed E-state index contributed by atoms with van der Waals surface area (Å²) >= 11 is 0. The third kappa shape index (κ3) is 1.98. The lowest BCUT2D eigenvalue weighted by Crippen LogP contribution is -2.17. The van der Waals surface area contributed by atoms with Gasteiger partial charge in [0.25, 0.3) is 0 Å². The van der Waals surface area contributed by atoms with Crippen molar-refractivity contribution < 1.29 is 0 Å². The van der Waals surface area contributed by atoms with E-state index in [-0.39, 0.29) is 10.8 Å². The lowest BCUT2D eigenvalue weighted by Gasteiger charge is -2.24. The Morgan fingerprint density at radius 1 is 0.600 bits per heavy atom. The Labute approximate surface area is 178 Å². The monoisotopic (exact) mass is 389 g/mol. The van der Waals surface area contributed by atoms with Crippen molar-refractivity contribution in [2.45, 2.75) is 45.4 Å². The van der Waals surface area contributed by atoms with Crippen molar-refractivity contribution in [3.05, 3.63) is 88.5 Å². The minimum absolute atomic E-state index is 0.00221. The first-order valence-electron chi connectivity index (χ1n) is 10.8. The molecule has 0 atom stereocenters. The Hall–Kier alpha value is -3.06. The van der Waals surface area contributed by atoms with Crippen molar-refractivity contribution in [2.24, 2.45) is 0 Å². The van der Waals surface area contributed by atoms with Crippen LogP contribution in [-0.4, -0.2) is 0 Å². The van der Waals surface area contributed by atoms with Crippen molar-refractivity contribution in [3.8, 4) is 22.3 Å². The molecule has 0 saturated carbocycles. The van der Waals surface area contributed by atoms with Crippen LogP contribution < -0.4 is 5.73 Å². The number of fused-ring (bicyclic) bond motifs is 8. The first-order chi connectivity index (χ1) is 14.2. The van der Waals surface area contributed by atoms with Crippen LogP contribution >= 0.6 is 0 Å². The predicted molar refractivity (Wildman–Crippen MR) is 128 cm³/mol. The summed E-state index contributed by atoms with van der Waals surface area (Å²) in [5.41, 5.74) is 19.8. The number of nitrogens with two attached hydrogens (primary N) is 1. The zero-order valence-corrected chi connectivity index (χ0v) is 18.4. The van der Waals surface area contributed by atoms with E-state index in [1.807, 2.05) is 0 Å².